The number of ether oxygens (including phenoxy) is 1. The zero-order valence-corrected chi connectivity index (χ0v) is 13.9. The molecule has 0 heterocycles. The van der Waals surface area contributed by atoms with E-state index in [4.69, 9.17) is 0 Å². The Balaban J connectivity index is 1.90. The molecule has 0 fully saturated rings. The minimum Gasteiger partial charge on any atom is -0.432 e. The lowest BCUT2D eigenvalue weighted by Crippen LogP contribution is -2.03. The first-order chi connectivity index (χ1) is 12.1. The van der Waals surface area contributed by atoms with Gasteiger partial charge in [0.25, 0.3) is 0 Å². The number of unbranched alkanes of at least 4 members (excludes halogenated alkanes) is 1. The summed E-state index contributed by atoms with van der Waals surface area (Å²) in [6.45, 7) is -0.868. The number of rotatable bonds is 6. The number of aryl methyl sites for hydroxylation is 1. The number of benzene rings is 3. The first-order valence-electron chi connectivity index (χ1n) is 8.34. The topological polar surface area (TPSA) is 9.23 Å². The van der Waals surface area contributed by atoms with Crippen LogP contribution in [-0.2, 0) is 6.42 Å². The molecular formula is C21H19F3O. The molecule has 0 radical (unpaired) electrons. The van der Waals surface area contributed by atoms with Crippen molar-refractivity contribution < 1.29 is 17.9 Å². The van der Waals surface area contributed by atoms with Gasteiger partial charge in [-0.2, -0.15) is 8.78 Å². The monoisotopic (exact) mass is 344 g/mol. The molecule has 1 nitrogen and oxygen atoms in total. The summed E-state index contributed by atoms with van der Waals surface area (Å²) in [5.41, 5.74) is 2.76. The maximum Gasteiger partial charge on any atom is 0.387 e. The summed E-state index contributed by atoms with van der Waals surface area (Å²) in [6, 6.07) is 16.3. The second-order valence-corrected chi connectivity index (χ2v) is 6.02. The predicted molar refractivity (Wildman–Crippen MR) is 94.6 cm³/mol. The van der Waals surface area contributed by atoms with Crippen LogP contribution in [0.2, 0.25) is 0 Å². The van der Waals surface area contributed by atoms with Crippen molar-refractivity contribution >= 4 is 10.8 Å². The number of alkyl halides is 2. The van der Waals surface area contributed by atoms with Gasteiger partial charge in [-0.05, 0) is 58.5 Å². The highest BCUT2D eigenvalue weighted by molar-refractivity contribution is 5.88. The average molecular weight is 344 g/mol. The fraction of sp³-hybridized carbons (Fsp3) is 0.238. The number of fused-ring (bicyclic) bond motifs is 1. The van der Waals surface area contributed by atoms with Crippen LogP contribution in [0.1, 0.15) is 25.3 Å². The molecule has 0 aliphatic carbocycles. The molecule has 3 rings (SSSR count). The molecular weight excluding hydrogens is 325 g/mol. The van der Waals surface area contributed by atoms with Crippen LogP contribution in [0.5, 0.6) is 5.75 Å². The minimum absolute atomic E-state index is 0.444. The van der Waals surface area contributed by atoms with Gasteiger partial charge in [0.05, 0.1) is 0 Å². The van der Waals surface area contributed by atoms with Crippen molar-refractivity contribution in [3.63, 3.8) is 0 Å². The summed E-state index contributed by atoms with van der Waals surface area (Å²) >= 11 is 0. The average Bonchev–Trinajstić information content (AvgIpc) is 2.60. The summed E-state index contributed by atoms with van der Waals surface area (Å²) in [7, 11) is 0. The van der Waals surface area contributed by atoms with Crippen LogP contribution in [0.4, 0.5) is 13.2 Å². The Labute approximate surface area is 145 Å². The van der Waals surface area contributed by atoms with Gasteiger partial charge in [-0.3, -0.25) is 0 Å². The highest BCUT2D eigenvalue weighted by atomic mass is 19.3. The molecule has 3 aromatic carbocycles. The first kappa shape index (κ1) is 17.3. The van der Waals surface area contributed by atoms with E-state index in [-0.39, 0.29) is 0 Å². The Morgan fingerprint density at radius 3 is 2.28 bits per heavy atom. The van der Waals surface area contributed by atoms with Gasteiger partial charge >= 0.3 is 6.61 Å². The third-order valence-electron chi connectivity index (χ3n) is 4.20. The van der Waals surface area contributed by atoms with E-state index < -0.39 is 18.2 Å². The van der Waals surface area contributed by atoms with Gasteiger partial charge in [-0.25, -0.2) is 4.39 Å². The van der Waals surface area contributed by atoms with Crippen molar-refractivity contribution in [1.29, 1.82) is 0 Å². The lowest BCUT2D eigenvalue weighted by molar-refractivity contribution is -0.0521. The molecule has 25 heavy (non-hydrogen) atoms. The molecule has 0 saturated heterocycles. The van der Waals surface area contributed by atoms with Crippen molar-refractivity contribution in [2.24, 2.45) is 0 Å². The quantitative estimate of drug-likeness (QED) is 0.490. The maximum absolute atomic E-state index is 13.9. The molecule has 4 heteroatoms. The normalized spacial score (nSPS) is 11.2. The molecule has 130 valence electrons. The van der Waals surface area contributed by atoms with Crippen molar-refractivity contribution in [2.75, 3.05) is 0 Å². The van der Waals surface area contributed by atoms with Crippen LogP contribution >= 0.6 is 0 Å². The van der Waals surface area contributed by atoms with E-state index in [0.717, 1.165) is 35.6 Å². The Kier molecular flexibility index (Phi) is 5.27. The minimum atomic E-state index is -3.04. The Bertz CT molecular complexity index is 874. The highest BCUT2D eigenvalue weighted by Crippen LogP contribution is 2.29. The zero-order chi connectivity index (χ0) is 17.8. The molecule has 0 aromatic heterocycles. The van der Waals surface area contributed by atoms with Crippen molar-refractivity contribution in [2.45, 2.75) is 32.8 Å². The van der Waals surface area contributed by atoms with Crippen LogP contribution < -0.4 is 4.74 Å². The molecule has 0 bridgehead atoms. The number of hydrogen-bond donors (Lipinski definition) is 0. The second-order valence-electron chi connectivity index (χ2n) is 6.02. The fourth-order valence-electron chi connectivity index (χ4n) is 2.88. The molecule has 0 aliphatic heterocycles. The van der Waals surface area contributed by atoms with Crippen LogP contribution in [0.25, 0.3) is 21.9 Å². The fourth-order valence-corrected chi connectivity index (χ4v) is 2.88. The van der Waals surface area contributed by atoms with E-state index in [1.165, 1.54) is 17.7 Å². The van der Waals surface area contributed by atoms with Gasteiger partial charge in [0.2, 0.25) is 0 Å². The van der Waals surface area contributed by atoms with Gasteiger partial charge in [0, 0.05) is 0 Å². The Morgan fingerprint density at radius 2 is 1.56 bits per heavy atom. The van der Waals surface area contributed by atoms with Crippen molar-refractivity contribution in [3.05, 3.63) is 66.0 Å². The van der Waals surface area contributed by atoms with Gasteiger partial charge in [-0.1, -0.05) is 49.7 Å². The number of halogens is 3. The Hall–Kier alpha value is -2.49. The SMILES string of the molecule is CCCCc1ccc2cc(-c3ccc(OC(F)F)c(F)c3)ccc2c1. The summed E-state index contributed by atoms with van der Waals surface area (Å²) < 4.78 is 42.5. The van der Waals surface area contributed by atoms with Gasteiger partial charge < -0.3 is 4.74 Å². The van der Waals surface area contributed by atoms with E-state index in [1.807, 2.05) is 18.2 Å². The van der Waals surface area contributed by atoms with E-state index in [0.29, 0.717) is 5.56 Å². The third-order valence-corrected chi connectivity index (χ3v) is 4.20. The van der Waals surface area contributed by atoms with E-state index in [9.17, 15) is 13.2 Å². The highest BCUT2D eigenvalue weighted by Gasteiger charge is 2.11. The van der Waals surface area contributed by atoms with Gasteiger partial charge in [0.1, 0.15) is 0 Å². The smallest absolute Gasteiger partial charge is 0.387 e. The third kappa shape index (κ3) is 4.13. The molecule has 0 atom stereocenters. The Morgan fingerprint density at radius 1 is 0.880 bits per heavy atom. The zero-order valence-electron chi connectivity index (χ0n) is 13.9. The lowest BCUT2D eigenvalue weighted by atomic mass is 9.98. The van der Waals surface area contributed by atoms with Crippen LogP contribution in [0, 0.1) is 5.82 Å². The summed E-state index contributed by atoms with van der Waals surface area (Å²) in [6.07, 6.45) is 3.38. The maximum atomic E-state index is 13.9. The second kappa shape index (κ2) is 7.60. The molecule has 0 aliphatic rings. The number of hydrogen-bond acceptors (Lipinski definition) is 1. The first-order valence-corrected chi connectivity index (χ1v) is 8.34. The lowest BCUT2D eigenvalue weighted by Gasteiger charge is -2.09. The summed E-state index contributed by atoms with van der Waals surface area (Å²) in [5, 5.41) is 2.20. The van der Waals surface area contributed by atoms with Gasteiger partial charge in [-0.15, -0.1) is 0 Å². The molecule has 0 saturated carbocycles. The molecule has 0 amide bonds. The molecule has 0 unspecified atom stereocenters. The standard InChI is InChI=1S/C21H19F3O/c1-2-3-4-14-5-6-16-12-17(8-7-15(16)11-14)18-9-10-20(19(22)13-18)25-21(23)24/h5-13,21H,2-4H2,1H3. The summed E-state index contributed by atoms with van der Waals surface area (Å²) in [5.74, 6) is -1.24. The van der Waals surface area contributed by atoms with Crippen molar-refractivity contribution in [3.8, 4) is 16.9 Å². The largest absolute Gasteiger partial charge is 0.432 e. The molecule has 0 N–H and O–H groups in total. The van der Waals surface area contributed by atoms with Crippen LogP contribution in [0.15, 0.2) is 54.6 Å². The summed E-state index contributed by atoms with van der Waals surface area (Å²) in [4.78, 5) is 0. The predicted octanol–water partition coefficient (Wildman–Crippen LogP) is 6.59. The molecule has 0 spiro atoms. The van der Waals surface area contributed by atoms with Crippen molar-refractivity contribution in [1.82, 2.24) is 0 Å². The van der Waals surface area contributed by atoms with Gasteiger partial charge in [0.15, 0.2) is 11.6 Å². The molecule has 3 aromatic rings. The van der Waals surface area contributed by atoms with E-state index >= 15 is 0 Å². The van der Waals surface area contributed by atoms with E-state index in [2.05, 4.69) is 29.9 Å². The van der Waals surface area contributed by atoms with Crippen LogP contribution in [0.3, 0.4) is 0 Å². The van der Waals surface area contributed by atoms with E-state index in [1.54, 1.807) is 6.07 Å². The van der Waals surface area contributed by atoms with Crippen LogP contribution in [-0.4, -0.2) is 6.61 Å².